The highest BCUT2D eigenvalue weighted by Crippen LogP contribution is 2.27. The molecule has 7 nitrogen and oxygen atoms in total. The summed E-state index contributed by atoms with van der Waals surface area (Å²) in [5.41, 5.74) is 2.84. The van der Waals surface area contributed by atoms with Crippen molar-refractivity contribution in [2.24, 2.45) is 0 Å². The molecule has 0 bridgehead atoms. The topological polar surface area (TPSA) is 82.5 Å². The summed E-state index contributed by atoms with van der Waals surface area (Å²) in [6, 6.07) is 4.78. The normalized spacial score (nSPS) is 11.2. The van der Waals surface area contributed by atoms with Crippen molar-refractivity contribution in [3.05, 3.63) is 54.0 Å². The van der Waals surface area contributed by atoms with Crippen LogP contribution in [0.15, 0.2) is 41.5 Å². The van der Waals surface area contributed by atoms with Crippen LogP contribution in [0.4, 0.5) is 4.39 Å². The Labute approximate surface area is 129 Å². The highest BCUT2D eigenvalue weighted by molar-refractivity contribution is 5.81. The lowest BCUT2D eigenvalue weighted by atomic mass is 10.2. The van der Waals surface area contributed by atoms with Crippen LogP contribution in [0.3, 0.4) is 0 Å². The van der Waals surface area contributed by atoms with Gasteiger partial charge in [-0.1, -0.05) is 11.2 Å². The van der Waals surface area contributed by atoms with E-state index in [0.717, 1.165) is 5.56 Å². The van der Waals surface area contributed by atoms with Crippen LogP contribution in [0, 0.1) is 12.7 Å². The van der Waals surface area contributed by atoms with Crippen molar-refractivity contribution in [2.45, 2.75) is 13.5 Å². The molecular formula is C15H11FN6O. The van der Waals surface area contributed by atoms with Gasteiger partial charge in [0.05, 0.1) is 12.1 Å². The summed E-state index contributed by atoms with van der Waals surface area (Å²) in [6.45, 7) is 2.12. The number of rotatable bonds is 3. The first-order valence-corrected chi connectivity index (χ1v) is 6.92. The monoisotopic (exact) mass is 310 g/mol. The van der Waals surface area contributed by atoms with Crippen molar-refractivity contribution in [3.8, 4) is 11.5 Å². The van der Waals surface area contributed by atoms with E-state index >= 15 is 0 Å². The molecule has 0 amide bonds. The largest absolute Gasteiger partial charge is 0.315 e. The summed E-state index contributed by atoms with van der Waals surface area (Å²) in [4.78, 5) is 12.5. The van der Waals surface area contributed by atoms with Gasteiger partial charge in [0.15, 0.2) is 11.5 Å². The van der Waals surface area contributed by atoms with Crippen molar-refractivity contribution < 1.29 is 9.02 Å². The fraction of sp³-hybridized carbons (Fsp3) is 0.133. The maximum absolute atomic E-state index is 14.4. The molecule has 3 heterocycles. The number of aromatic nitrogens is 6. The first-order chi connectivity index (χ1) is 11.2. The van der Waals surface area contributed by atoms with Crippen molar-refractivity contribution in [1.82, 2.24) is 29.8 Å². The number of hydrogen-bond acceptors (Lipinski definition) is 6. The first-order valence-electron chi connectivity index (χ1n) is 6.92. The Morgan fingerprint density at radius 3 is 2.74 bits per heavy atom. The SMILES string of the molecule is Cc1nonc1-c1nc2cccc(F)c2n1Cc1cncnc1. The van der Waals surface area contributed by atoms with Crippen LogP contribution in [0.1, 0.15) is 11.3 Å². The fourth-order valence-electron chi connectivity index (χ4n) is 2.51. The second-order valence-corrected chi connectivity index (χ2v) is 5.07. The molecule has 0 unspecified atom stereocenters. The number of para-hydroxylation sites is 1. The van der Waals surface area contributed by atoms with E-state index in [2.05, 4.69) is 25.3 Å². The molecule has 8 heteroatoms. The van der Waals surface area contributed by atoms with E-state index in [1.807, 2.05) is 0 Å². The molecule has 3 aromatic heterocycles. The Morgan fingerprint density at radius 1 is 1.17 bits per heavy atom. The molecule has 0 radical (unpaired) electrons. The van der Waals surface area contributed by atoms with Crippen LogP contribution in [0.2, 0.25) is 0 Å². The minimum atomic E-state index is -0.354. The van der Waals surface area contributed by atoms with Gasteiger partial charge in [-0.3, -0.25) is 0 Å². The van der Waals surface area contributed by atoms with Crippen LogP contribution in [0.25, 0.3) is 22.6 Å². The van der Waals surface area contributed by atoms with E-state index in [-0.39, 0.29) is 5.82 Å². The first kappa shape index (κ1) is 13.5. The summed E-state index contributed by atoms with van der Waals surface area (Å²) < 4.78 is 20.8. The smallest absolute Gasteiger partial charge is 0.173 e. The second kappa shape index (κ2) is 5.24. The number of hydrogen-bond donors (Lipinski definition) is 0. The van der Waals surface area contributed by atoms with E-state index in [0.29, 0.717) is 34.8 Å². The molecular weight excluding hydrogens is 299 g/mol. The Kier molecular flexibility index (Phi) is 3.07. The molecule has 0 saturated heterocycles. The fourth-order valence-corrected chi connectivity index (χ4v) is 2.51. The summed E-state index contributed by atoms with van der Waals surface area (Å²) in [7, 11) is 0. The number of imidazole rings is 1. The number of benzene rings is 1. The van der Waals surface area contributed by atoms with Crippen molar-refractivity contribution >= 4 is 11.0 Å². The summed E-state index contributed by atoms with van der Waals surface area (Å²) in [6.07, 6.45) is 4.80. The molecule has 4 aromatic rings. The van der Waals surface area contributed by atoms with Crippen LogP contribution >= 0.6 is 0 Å². The van der Waals surface area contributed by atoms with Gasteiger partial charge in [0.1, 0.15) is 23.4 Å². The van der Waals surface area contributed by atoms with Crippen LogP contribution in [-0.4, -0.2) is 29.8 Å². The van der Waals surface area contributed by atoms with E-state index in [1.165, 1.54) is 12.4 Å². The zero-order valence-corrected chi connectivity index (χ0v) is 12.1. The second-order valence-electron chi connectivity index (χ2n) is 5.07. The number of aryl methyl sites for hydroxylation is 1. The van der Waals surface area contributed by atoms with Gasteiger partial charge >= 0.3 is 0 Å². The zero-order valence-electron chi connectivity index (χ0n) is 12.1. The molecule has 4 rings (SSSR count). The molecule has 0 aliphatic carbocycles. The Hall–Kier alpha value is -3.16. The number of nitrogens with zero attached hydrogens (tertiary/aromatic N) is 6. The predicted octanol–water partition coefficient (Wildman–Crippen LogP) is 2.37. The van der Waals surface area contributed by atoms with Crippen molar-refractivity contribution in [3.63, 3.8) is 0 Å². The minimum absolute atomic E-state index is 0.354. The number of fused-ring (bicyclic) bond motifs is 1. The van der Waals surface area contributed by atoms with Crippen LogP contribution < -0.4 is 0 Å². The molecule has 0 spiro atoms. The maximum atomic E-state index is 14.4. The lowest BCUT2D eigenvalue weighted by molar-refractivity contribution is 0.305. The molecule has 0 N–H and O–H groups in total. The minimum Gasteiger partial charge on any atom is -0.315 e. The van der Waals surface area contributed by atoms with Gasteiger partial charge in [0.25, 0.3) is 0 Å². The average molecular weight is 310 g/mol. The molecule has 23 heavy (non-hydrogen) atoms. The third kappa shape index (κ3) is 2.24. The quantitative estimate of drug-likeness (QED) is 0.578. The predicted molar refractivity (Wildman–Crippen MR) is 78.9 cm³/mol. The highest BCUT2D eigenvalue weighted by atomic mass is 19.1. The van der Waals surface area contributed by atoms with Crippen LogP contribution in [-0.2, 0) is 6.54 Å². The number of halogens is 1. The van der Waals surface area contributed by atoms with Gasteiger partial charge in [-0.25, -0.2) is 24.0 Å². The molecule has 0 saturated carbocycles. The van der Waals surface area contributed by atoms with Crippen LogP contribution in [0.5, 0.6) is 0 Å². The third-order valence-corrected chi connectivity index (χ3v) is 3.54. The summed E-state index contributed by atoms with van der Waals surface area (Å²) >= 11 is 0. The third-order valence-electron chi connectivity index (χ3n) is 3.54. The Morgan fingerprint density at radius 2 is 2.00 bits per heavy atom. The lowest BCUT2D eigenvalue weighted by Crippen LogP contribution is -2.05. The Balaban J connectivity index is 1.97. The van der Waals surface area contributed by atoms with Gasteiger partial charge in [-0.05, 0) is 24.2 Å². The van der Waals surface area contributed by atoms with Gasteiger partial charge in [-0.2, -0.15) is 0 Å². The van der Waals surface area contributed by atoms with E-state index in [4.69, 9.17) is 4.63 Å². The Bertz CT molecular complexity index is 978. The summed E-state index contributed by atoms with van der Waals surface area (Å²) in [5, 5.41) is 7.67. The van der Waals surface area contributed by atoms with Gasteiger partial charge in [0.2, 0.25) is 0 Å². The standard InChI is InChI=1S/C15H11FN6O/c1-9-13(21-23-20-9)15-19-12-4-2-3-11(16)14(12)22(15)7-10-5-17-8-18-6-10/h2-6,8H,7H2,1H3. The van der Waals surface area contributed by atoms with Gasteiger partial charge in [-0.15, -0.1) is 0 Å². The van der Waals surface area contributed by atoms with Gasteiger partial charge in [0, 0.05) is 18.0 Å². The maximum Gasteiger partial charge on any atom is 0.173 e. The summed E-state index contributed by atoms with van der Waals surface area (Å²) in [5.74, 6) is 0.139. The average Bonchev–Trinajstić information content (AvgIpc) is 3.13. The lowest BCUT2D eigenvalue weighted by Gasteiger charge is -2.08. The highest BCUT2D eigenvalue weighted by Gasteiger charge is 2.20. The molecule has 0 fully saturated rings. The zero-order chi connectivity index (χ0) is 15.8. The van der Waals surface area contributed by atoms with Crippen molar-refractivity contribution in [2.75, 3.05) is 0 Å². The molecule has 0 atom stereocenters. The van der Waals surface area contributed by atoms with Gasteiger partial charge < -0.3 is 4.57 Å². The van der Waals surface area contributed by atoms with E-state index < -0.39 is 0 Å². The van der Waals surface area contributed by atoms with E-state index in [1.54, 1.807) is 36.0 Å². The molecule has 0 aliphatic heterocycles. The van der Waals surface area contributed by atoms with E-state index in [9.17, 15) is 4.39 Å². The molecule has 114 valence electrons. The molecule has 0 aliphatic rings. The van der Waals surface area contributed by atoms with Crippen molar-refractivity contribution in [1.29, 1.82) is 0 Å². The molecule has 1 aromatic carbocycles.